The summed E-state index contributed by atoms with van der Waals surface area (Å²) in [5.74, 6) is 0.911. The second-order valence-corrected chi connectivity index (χ2v) is 5.24. The van der Waals surface area contributed by atoms with Gasteiger partial charge in [-0.2, -0.15) is 0 Å². The highest BCUT2D eigenvalue weighted by Gasteiger charge is 2.06. The number of nitrogens with one attached hydrogen (secondary N) is 1. The molecule has 1 aromatic heterocycles. The Morgan fingerprint density at radius 3 is 2.68 bits per heavy atom. The molecule has 0 saturated heterocycles. The summed E-state index contributed by atoms with van der Waals surface area (Å²) in [6, 6.07) is 8.03. The SMILES string of the molecule is Br.CCc1nc(NCc2ccccc2OC)sc1C. The number of para-hydroxylation sites is 1. The fourth-order valence-corrected chi connectivity index (χ4v) is 2.75. The van der Waals surface area contributed by atoms with Gasteiger partial charge in [0.2, 0.25) is 0 Å². The Morgan fingerprint density at radius 2 is 2.05 bits per heavy atom. The minimum atomic E-state index is 0. The van der Waals surface area contributed by atoms with Crippen LogP contribution >= 0.6 is 28.3 Å². The molecule has 2 rings (SSSR count). The highest BCUT2D eigenvalue weighted by Crippen LogP contribution is 2.24. The molecule has 0 saturated carbocycles. The van der Waals surface area contributed by atoms with Gasteiger partial charge in [0.05, 0.1) is 12.8 Å². The summed E-state index contributed by atoms with van der Waals surface area (Å²) in [4.78, 5) is 5.86. The fraction of sp³-hybridized carbons (Fsp3) is 0.357. The zero-order chi connectivity index (χ0) is 13.0. The molecule has 1 heterocycles. The summed E-state index contributed by atoms with van der Waals surface area (Å²) >= 11 is 1.71. The van der Waals surface area contributed by atoms with Crippen LogP contribution in [0.25, 0.3) is 0 Å². The number of aryl methyl sites for hydroxylation is 2. The summed E-state index contributed by atoms with van der Waals surface area (Å²) in [6.45, 7) is 4.98. The van der Waals surface area contributed by atoms with E-state index in [-0.39, 0.29) is 17.0 Å². The quantitative estimate of drug-likeness (QED) is 0.883. The van der Waals surface area contributed by atoms with Crippen LogP contribution in [0.3, 0.4) is 0 Å². The second kappa shape index (κ2) is 7.50. The summed E-state index contributed by atoms with van der Waals surface area (Å²) in [5, 5.41) is 4.34. The standard InChI is InChI=1S/C14H18N2OS.BrH/c1-4-12-10(2)18-14(16-12)15-9-11-7-5-6-8-13(11)17-3;/h5-8H,4,9H2,1-3H3,(H,15,16);1H. The average Bonchev–Trinajstić information content (AvgIpc) is 2.77. The van der Waals surface area contributed by atoms with Crippen molar-refractivity contribution in [2.24, 2.45) is 0 Å². The van der Waals surface area contributed by atoms with Gasteiger partial charge < -0.3 is 10.1 Å². The van der Waals surface area contributed by atoms with Crippen molar-refractivity contribution >= 4 is 33.4 Å². The van der Waals surface area contributed by atoms with E-state index in [1.165, 1.54) is 10.6 Å². The monoisotopic (exact) mass is 342 g/mol. The Hall–Kier alpha value is -1.07. The first-order chi connectivity index (χ1) is 8.74. The third-order valence-electron chi connectivity index (χ3n) is 2.85. The molecule has 1 N–H and O–H groups in total. The first-order valence-corrected chi connectivity index (χ1v) is 6.88. The number of nitrogens with zero attached hydrogens (tertiary/aromatic N) is 1. The molecule has 0 aliphatic heterocycles. The summed E-state index contributed by atoms with van der Waals surface area (Å²) in [5.41, 5.74) is 2.33. The Kier molecular flexibility index (Phi) is 6.31. The van der Waals surface area contributed by atoms with E-state index >= 15 is 0 Å². The molecule has 3 nitrogen and oxygen atoms in total. The van der Waals surface area contributed by atoms with Crippen LogP contribution in [0.5, 0.6) is 5.75 Å². The number of aromatic nitrogens is 1. The number of thiazole rings is 1. The van der Waals surface area contributed by atoms with E-state index in [9.17, 15) is 0 Å². The van der Waals surface area contributed by atoms with Crippen LogP contribution in [0.15, 0.2) is 24.3 Å². The Balaban J connectivity index is 0.00000180. The normalized spacial score (nSPS) is 9.84. The van der Waals surface area contributed by atoms with Gasteiger partial charge in [0.25, 0.3) is 0 Å². The van der Waals surface area contributed by atoms with Crippen molar-refractivity contribution in [3.8, 4) is 5.75 Å². The minimum absolute atomic E-state index is 0. The molecule has 19 heavy (non-hydrogen) atoms. The van der Waals surface area contributed by atoms with Crippen molar-refractivity contribution in [3.05, 3.63) is 40.4 Å². The number of hydrogen-bond acceptors (Lipinski definition) is 4. The predicted molar refractivity (Wildman–Crippen MR) is 86.9 cm³/mol. The van der Waals surface area contributed by atoms with Gasteiger partial charge in [-0.3, -0.25) is 0 Å². The second-order valence-electron chi connectivity index (χ2n) is 4.04. The third-order valence-corrected chi connectivity index (χ3v) is 3.82. The lowest BCUT2D eigenvalue weighted by Gasteiger charge is -2.08. The smallest absolute Gasteiger partial charge is 0.183 e. The maximum atomic E-state index is 5.33. The molecule has 0 fully saturated rings. The molecule has 0 radical (unpaired) electrons. The Bertz CT molecular complexity index is 528. The molecule has 0 atom stereocenters. The molecule has 104 valence electrons. The van der Waals surface area contributed by atoms with Gasteiger partial charge in [-0.05, 0) is 19.4 Å². The van der Waals surface area contributed by atoms with Crippen molar-refractivity contribution < 1.29 is 4.74 Å². The van der Waals surface area contributed by atoms with Crippen LogP contribution in [0.4, 0.5) is 5.13 Å². The number of halogens is 1. The van der Waals surface area contributed by atoms with Gasteiger partial charge in [-0.25, -0.2) is 4.98 Å². The highest BCUT2D eigenvalue weighted by atomic mass is 79.9. The zero-order valence-electron chi connectivity index (χ0n) is 11.4. The maximum absolute atomic E-state index is 5.33. The lowest BCUT2D eigenvalue weighted by Crippen LogP contribution is -2.01. The first kappa shape index (κ1) is 16.0. The largest absolute Gasteiger partial charge is 0.496 e. The average molecular weight is 343 g/mol. The molecule has 0 bridgehead atoms. The Morgan fingerprint density at radius 1 is 1.32 bits per heavy atom. The van der Waals surface area contributed by atoms with Crippen LogP contribution in [-0.4, -0.2) is 12.1 Å². The fourth-order valence-electron chi connectivity index (χ4n) is 1.85. The van der Waals surface area contributed by atoms with Crippen molar-refractivity contribution in [2.75, 3.05) is 12.4 Å². The molecular weight excluding hydrogens is 324 g/mol. The van der Waals surface area contributed by atoms with Gasteiger partial charge >= 0.3 is 0 Å². The number of rotatable bonds is 5. The number of ether oxygens (including phenoxy) is 1. The van der Waals surface area contributed by atoms with E-state index in [0.717, 1.165) is 29.4 Å². The van der Waals surface area contributed by atoms with Crippen molar-refractivity contribution in [3.63, 3.8) is 0 Å². The molecule has 0 amide bonds. The molecule has 5 heteroatoms. The van der Waals surface area contributed by atoms with E-state index in [1.54, 1.807) is 18.4 Å². The molecule has 0 aliphatic carbocycles. The summed E-state index contributed by atoms with van der Waals surface area (Å²) < 4.78 is 5.33. The van der Waals surface area contributed by atoms with Gasteiger partial charge in [0, 0.05) is 17.0 Å². The molecule has 2 aromatic rings. The van der Waals surface area contributed by atoms with Gasteiger partial charge in [0.1, 0.15) is 5.75 Å². The van der Waals surface area contributed by atoms with E-state index in [2.05, 4.69) is 30.2 Å². The van der Waals surface area contributed by atoms with Crippen molar-refractivity contribution in [1.82, 2.24) is 4.98 Å². The minimum Gasteiger partial charge on any atom is -0.496 e. The van der Waals surface area contributed by atoms with E-state index < -0.39 is 0 Å². The Labute approximate surface area is 128 Å². The van der Waals surface area contributed by atoms with E-state index in [1.807, 2.05) is 18.2 Å². The summed E-state index contributed by atoms with van der Waals surface area (Å²) in [6.07, 6.45) is 0.985. The van der Waals surface area contributed by atoms with Crippen LogP contribution in [0.2, 0.25) is 0 Å². The topological polar surface area (TPSA) is 34.2 Å². The van der Waals surface area contributed by atoms with Gasteiger partial charge in [0.15, 0.2) is 5.13 Å². The highest BCUT2D eigenvalue weighted by molar-refractivity contribution is 8.93. The van der Waals surface area contributed by atoms with Gasteiger partial charge in [-0.1, -0.05) is 25.1 Å². The number of methoxy groups -OCH3 is 1. The molecular formula is C14H19BrN2OS. The third kappa shape index (κ3) is 3.94. The lowest BCUT2D eigenvalue weighted by atomic mass is 10.2. The first-order valence-electron chi connectivity index (χ1n) is 6.06. The van der Waals surface area contributed by atoms with Crippen molar-refractivity contribution in [1.29, 1.82) is 0 Å². The molecule has 0 unspecified atom stereocenters. The summed E-state index contributed by atoms with van der Waals surface area (Å²) in [7, 11) is 1.70. The molecule has 0 spiro atoms. The van der Waals surface area contributed by atoms with Crippen molar-refractivity contribution in [2.45, 2.75) is 26.8 Å². The maximum Gasteiger partial charge on any atom is 0.183 e. The van der Waals surface area contributed by atoms with Crippen LogP contribution < -0.4 is 10.1 Å². The van der Waals surface area contributed by atoms with E-state index in [0.29, 0.717) is 0 Å². The zero-order valence-corrected chi connectivity index (χ0v) is 13.9. The number of benzene rings is 1. The number of anilines is 1. The van der Waals surface area contributed by atoms with Crippen LogP contribution in [0, 0.1) is 6.92 Å². The molecule has 1 aromatic carbocycles. The number of hydrogen-bond donors (Lipinski definition) is 1. The van der Waals surface area contributed by atoms with E-state index in [4.69, 9.17) is 4.74 Å². The lowest BCUT2D eigenvalue weighted by molar-refractivity contribution is 0.410. The van der Waals surface area contributed by atoms with Crippen LogP contribution in [-0.2, 0) is 13.0 Å². The predicted octanol–water partition coefficient (Wildman–Crippen LogP) is 4.21. The van der Waals surface area contributed by atoms with Crippen LogP contribution in [0.1, 0.15) is 23.1 Å². The van der Waals surface area contributed by atoms with Gasteiger partial charge in [-0.15, -0.1) is 28.3 Å². The molecule has 0 aliphatic rings.